The summed E-state index contributed by atoms with van der Waals surface area (Å²) in [7, 11) is -1.90. The van der Waals surface area contributed by atoms with E-state index in [0.717, 1.165) is 16.9 Å². The highest BCUT2D eigenvalue weighted by molar-refractivity contribution is 7.89. The Morgan fingerprint density at radius 2 is 1.78 bits per heavy atom. The molecule has 0 aliphatic carbocycles. The van der Waals surface area contributed by atoms with Crippen molar-refractivity contribution in [2.24, 2.45) is 5.10 Å². The van der Waals surface area contributed by atoms with Gasteiger partial charge < -0.3 is 4.74 Å². The van der Waals surface area contributed by atoms with E-state index in [-0.39, 0.29) is 12.5 Å². The second-order valence-electron chi connectivity index (χ2n) is 7.41. The Hall–Kier alpha value is -3.01. The summed E-state index contributed by atoms with van der Waals surface area (Å²) in [5, 5.41) is 3.92. The maximum atomic E-state index is 12.8. The van der Waals surface area contributed by atoms with E-state index in [1.807, 2.05) is 42.2 Å². The molecular weight excluding hydrogens is 428 g/mol. The van der Waals surface area contributed by atoms with Crippen LogP contribution in [-0.4, -0.2) is 69.6 Å². The van der Waals surface area contributed by atoms with Crippen LogP contribution in [0.2, 0.25) is 0 Å². The Morgan fingerprint density at radius 1 is 1.09 bits per heavy atom. The summed E-state index contributed by atoms with van der Waals surface area (Å²) < 4.78 is 32.3. The molecule has 1 N–H and O–H groups in total. The van der Waals surface area contributed by atoms with E-state index in [2.05, 4.69) is 10.5 Å². The van der Waals surface area contributed by atoms with Crippen LogP contribution in [0.1, 0.15) is 11.1 Å². The molecule has 1 aliphatic heterocycles. The highest BCUT2D eigenvalue weighted by atomic mass is 32.2. The monoisotopic (exact) mass is 456 g/mol. The molecule has 2 aromatic carbocycles. The predicted octanol–water partition coefficient (Wildman–Crippen LogP) is 2.13. The van der Waals surface area contributed by atoms with E-state index in [4.69, 9.17) is 4.74 Å². The molecule has 0 saturated carbocycles. The zero-order valence-corrected chi connectivity index (χ0v) is 19.1. The predicted molar refractivity (Wildman–Crippen MR) is 125 cm³/mol. The molecule has 1 saturated heterocycles. The fourth-order valence-electron chi connectivity index (χ4n) is 3.33. The molecule has 170 valence electrons. The van der Waals surface area contributed by atoms with Crippen LogP contribution in [0.15, 0.2) is 64.6 Å². The largest absolute Gasteiger partial charge is 0.496 e. The average molecular weight is 457 g/mol. The molecule has 1 aliphatic rings. The number of hydrogen-bond acceptors (Lipinski definition) is 6. The number of nitrogens with one attached hydrogen (secondary N) is 1. The first kappa shape index (κ1) is 23.6. The summed E-state index contributed by atoms with van der Waals surface area (Å²) in [6, 6.07) is 14.4. The first-order valence-electron chi connectivity index (χ1n) is 10.3. The smallest absolute Gasteiger partial charge is 0.254 e. The van der Waals surface area contributed by atoms with Crippen LogP contribution in [0, 0.1) is 6.92 Å². The van der Waals surface area contributed by atoms with Gasteiger partial charge >= 0.3 is 0 Å². The van der Waals surface area contributed by atoms with Gasteiger partial charge in [0, 0.05) is 38.0 Å². The van der Waals surface area contributed by atoms with Gasteiger partial charge in [0.2, 0.25) is 10.0 Å². The van der Waals surface area contributed by atoms with Crippen molar-refractivity contribution in [1.82, 2.24) is 14.6 Å². The lowest BCUT2D eigenvalue weighted by Crippen LogP contribution is -2.50. The van der Waals surface area contributed by atoms with Gasteiger partial charge in [-0.05, 0) is 37.3 Å². The Morgan fingerprint density at radius 3 is 2.47 bits per heavy atom. The van der Waals surface area contributed by atoms with Crippen LogP contribution in [-0.2, 0) is 14.8 Å². The first-order valence-corrected chi connectivity index (χ1v) is 11.7. The number of para-hydroxylation sites is 1. The van der Waals surface area contributed by atoms with E-state index >= 15 is 0 Å². The number of ether oxygens (including phenoxy) is 1. The lowest BCUT2D eigenvalue weighted by Gasteiger charge is -2.33. The highest BCUT2D eigenvalue weighted by Gasteiger charge is 2.28. The molecule has 3 rings (SSSR count). The maximum absolute atomic E-state index is 12.8. The molecule has 8 nitrogen and oxygen atoms in total. The van der Waals surface area contributed by atoms with Crippen molar-refractivity contribution in [2.75, 3.05) is 39.8 Å². The number of piperazine rings is 1. The number of nitrogens with zero attached hydrogens (tertiary/aromatic N) is 3. The van der Waals surface area contributed by atoms with Gasteiger partial charge in [-0.25, -0.2) is 13.8 Å². The van der Waals surface area contributed by atoms with Crippen molar-refractivity contribution in [3.05, 3.63) is 65.7 Å². The zero-order chi connectivity index (χ0) is 23.0. The minimum absolute atomic E-state index is 0.159. The zero-order valence-electron chi connectivity index (χ0n) is 18.3. The maximum Gasteiger partial charge on any atom is 0.254 e. The number of rotatable bonds is 8. The minimum atomic E-state index is -3.51. The highest BCUT2D eigenvalue weighted by Crippen LogP contribution is 2.19. The van der Waals surface area contributed by atoms with Crippen LogP contribution in [0.3, 0.4) is 0 Å². The topological polar surface area (TPSA) is 91.3 Å². The number of hydrazone groups is 1. The van der Waals surface area contributed by atoms with Crippen molar-refractivity contribution < 1.29 is 17.9 Å². The standard InChI is InChI=1S/C23H28N4O4S/c1-19-9-11-21(12-10-19)32(29,30)27-16-14-26(15-17-27)18-23(28)25-24-13-5-7-20-6-3-4-8-22(20)31-2/h3-13H,14-18H2,1-2H3,(H,25,28)/b7-5+,24-13?. The minimum Gasteiger partial charge on any atom is -0.496 e. The Bertz CT molecular complexity index is 1070. The number of hydrogen-bond donors (Lipinski definition) is 1. The number of allylic oxidation sites excluding steroid dienone is 1. The molecular formula is C23H28N4O4S. The van der Waals surface area contributed by atoms with Crippen LogP contribution in [0.25, 0.3) is 6.08 Å². The van der Waals surface area contributed by atoms with Crippen LogP contribution in [0.4, 0.5) is 0 Å². The molecule has 0 aromatic heterocycles. The molecule has 32 heavy (non-hydrogen) atoms. The molecule has 9 heteroatoms. The van der Waals surface area contributed by atoms with Crippen molar-refractivity contribution in [1.29, 1.82) is 0 Å². The Labute approximate surface area is 189 Å². The van der Waals surface area contributed by atoms with E-state index in [0.29, 0.717) is 31.1 Å². The number of amides is 1. The number of carbonyl (C=O) groups is 1. The third-order valence-corrected chi connectivity index (χ3v) is 7.03. The van der Waals surface area contributed by atoms with E-state index in [1.54, 1.807) is 37.5 Å². The van der Waals surface area contributed by atoms with Gasteiger partial charge in [0.25, 0.3) is 5.91 Å². The van der Waals surface area contributed by atoms with Gasteiger partial charge in [-0.2, -0.15) is 9.41 Å². The Kier molecular flexibility index (Phi) is 8.15. The summed E-state index contributed by atoms with van der Waals surface area (Å²) in [5.74, 6) is 0.506. The summed E-state index contributed by atoms with van der Waals surface area (Å²) in [6.07, 6.45) is 5.05. The Balaban J connectivity index is 1.44. The number of aryl methyl sites for hydroxylation is 1. The van der Waals surface area contributed by atoms with E-state index in [1.165, 1.54) is 10.5 Å². The fourth-order valence-corrected chi connectivity index (χ4v) is 4.75. The van der Waals surface area contributed by atoms with E-state index in [9.17, 15) is 13.2 Å². The molecule has 2 aromatic rings. The molecule has 0 atom stereocenters. The quantitative estimate of drug-likeness (QED) is 0.485. The average Bonchev–Trinajstić information content (AvgIpc) is 2.80. The molecule has 1 fully saturated rings. The van der Waals surface area contributed by atoms with Gasteiger partial charge in [0.05, 0.1) is 18.6 Å². The van der Waals surface area contributed by atoms with Gasteiger partial charge in [0.15, 0.2) is 0 Å². The van der Waals surface area contributed by atoms with Crippen molar-refractivity contribution >= 4 is 28.2 Å². The second kappa shape index (κ2) is 11.0. The SMILES string of the molecule is COc1ccccc1/C=C/C=NNC(=O)CN1CCN(S(=O)(=O)c2ccc(C)cc2)CC1. The van der Waals surface area contributed by atoms with Crippen molar-refractivity contribution in [3.63, 3.8) is 0 Å². The van der Waals surface area contributed by atoms with Crippen LogP contribution in [0.5, 0.6) is 5.75 Å². The molecule has 0 spiro atoms. The fraction of sp³-hybridized carbons (Fsp3) is 0.304. The van der Waals surface area contributed by atoms with Crippen molar-refractivity contribution in [3.8, 4) is 5.75 Å². The third kappa shape index (κ3) is 6.25. The van der Waals surface area contributed by atoms with Gasteiger partial charge in [-0.1, -0.05) is 35.9 Å². The number of sulfonamides is 1. The van der Waals surface area contributed by atoms with Gasteiger partial charge in [-0.15, -0.1) is 0 Å². The van der Waals surface area contributed by atoms with Gasteiger partial charge in [0.1, 0.15) is 5.75 Å². The summed E-state index contributed by atoms with van der Waals surface area (Å²) in [6.45, 7) is 3.72. The number of benzene rings is 2. The lowest BCUT2D eigenvalue weighted by molar-refractivity contribution is -0.122. The van der Waals surface area contributed by atoms with Crippen LogP contribution >= 0.6 is 0 Å². The second-order valence-corrected chi connectivity index (χ2v) is 9.35. The van der Waals surface area contributed by atoms with Gasteiger partial charge in [-0.3, -0.25) is 9.69 Å². The normalized spacial score (nSPS) is 15.9. The lowest BCUT2D eigenvalue weighted by atomic mass is 10.2. The summed E-state index contributed by atoms with van der Waals surface area (Å²) in [5.41, 5.74) is 4.41. The molecule has 1 amide bonds. The van der Waals surface area contributed by atoms with E-state index < -0.39 is 10.0 Å². The molecule has 0 bridgehead atoms. The number of carbonyl (C=O) groups excluding carboxylic acids is 1. The van der Waals surface area contributed by atoms with Crippen LogP contribution < -0.4 is 10.2 Å². The number of methoxy groups -OCH3 is 1. The summed E-state index contributed by atoms with van der Waals surface area (Å²) >= 11 is 0. The molecule has 1 heterocycles. The molecule has 0 radical (unpaired) electrons. The first-order chi connectivity index (χ1) is 15.4. The third-order valence-electron chi connectivity index (χ3n) is 5.12. The van der Waals surface area contributed by atoms with Crippen molar-refractivity contribution in [2.45, 2.75) is 11.8 Å². The molecule has 0 unspecified atom stereocenters. The summed E-state index contributed by atoms with van der Waals surface area (Å²) in [4.78, 5) is 14.3.